The summed E-state index contributed by atoms with van der Waals surface area (Å²) in [6, 6.07) is 6.03. The molecule has 1 saturated heterocycles. The van der Waals surface area contributed by atoms with E-state index in [2.05, 4.69) is 20.2 Å². The van der Waals surface area contributed by atoms with Gasteiger partial charge in [-0.25, -0.2) is 4.98 Å². The second-order valence-corrected chi connectivity index (χ2v) is 8.23. The minimum absolute atomic E-state index is 0.106. The Morgan fingerprint density at radius 2 is 2.14 bits per heavy atom. The predicted molar refractivity (Wildman–Crippen MR) is 112 cm³/mol. The highest BCUT2D eigenvalue weighted by molar-refractivity contribution is 5.98. The van der Waals surface area contributed by atoms with Crippen molar-refractivity contribution in [1.29, 1.82) is 0 Å². The standard InChI is InChI=1S/C23H26N4O2/c1-16-24-10-14-25(16)13-9-18-6-2-3-11-27(18)23(29)20-15-26-12-8-17-5-4-7-19(21(17)26)22(20)28/h4-5,7,10,14-15,18H,2-3,6,8-9,11-13H2,1H3. The summed E-state index contributed by atoms with van der Waals surface area (Å²) in [5, 5.41) is 0.674. The Morgan fingerprint density at radius 1 is 1.24 bits per heavy atom. The summed E-state index contributed by atoms with van der Waals surface area (Å²) < 4.78 is 4.22. The SMILES string of the molecule is Cc1nccn1CCC1CCCCN1C(=O)c1cn2c3c(cccc3c1=O)CC2. The summed E-state index contributed by atoms with van der Waals surface area (Å²) >= 11 is 0. The van der Waals surface area contributed by atoms with E-state index in [1.54, 1.807) is 6.20 Å². The smallest absolute Gasteiger partial charge is 0.259 e. The zero-order valence-corrected chi connectivity index (χ0v) is 16.8. The second-order valence-electron chi connectivity index (χ2n) is 8.23. The number of benzene rings is 1. The molecule has 5 rings (SSSR count). The number of piperidine rings is 1. The molecular formula is C23H26N4O2. The van der Waals surface area contributed by atoms with Crippen LogP contribution in [0.15, 0.2) is 41.6 Å². The highest BCUT2D eigenvalue weighted by Gasteiger charge is 2.30. The predicted octanol–water partition coefficient (Wildman–Crippen LogP) is 3.15. The van der Waals surface area contributed by atoms with Gasteiger partial charge in [-0.1, -0.05) is 12.1 Å². The zero-order valence-electron chi connectivity index (χ0n) is 16.8. The van der Waals surface area contributed by atoms with Crippen molar-refractivity contribution in [2.75, 3.05) is 6.54 Å². The Hall–Kier alpha value is -2.89. The van der Waals surface area contributed by atoms with Crippen LogP contribution in [0.5, 0.6) is 0 Å². The van der Waals surface area contributed by atoms with Gasteiger partial charge in [0, 0.05) is 49.7 Å². The molecule has 0 bridgehead atoms. The van der Waals surface area contributed by atoms with E-state index in [4.69, 9.17) is 0 Å². The van der Waals surface area contributed by atoms with Crippen molar-refractivity contribution in [2.24, 2.45) is 0 Å². The van der Waals surface area contributed by atoms with Crippen LogP contribution >= 0.6 is 0 Å². The summed E-state index contributed by atoms with van der Waals surface area (Å²) in [6.45, 7) is 4.40. The monoisotopic (exact) mass is 390 g/mol. The van der Waals surface area contributed by atoms with E-state index in [-0.39, 0.29) is 17.4 Å². The molecule has 1 atom stereocenters. The summed E-state index contributed by atoms with van der Waals surface area (Å²) in [5.74, 6) is 0.885. The number of aryl methyl sites for hydroxylation is 4. The minimum Gasteiger partial charge on any atom is -0.346 e. The molecule has 2 aliphatic heterocycles. The van der Waals surface area contributed by atoms with Gasteiger partial charge in [0.25, 0.3) is 5.91 Å². The molecule has 2 aromatic heterocycles. The molecule has 0 aliphatic carbocycles. The van der Waals surface area contributed by atoms with Gasteiger partial charge in [0.1, 0.15) is 11.4 Å². The van der Waals surface area contributed by atoms with Crippen molar-refractivity contribution in [3.63, 3.8) is 0 Å². The molecule has 150 valence electrons. The topological polar surface area (TPSA) is 60.1 Å². The molecule has 0 spiro atoms. The van der Waals surface area contributed by atoms with Crippen LogP contribution < -0.4 is 5.43 Å². The molecule has 1 fully saturated rings. The van der Waals surface area contributed by atoms with Crippen molar-refractivity contribution < 1.29 is 4.79 Å². The van der Waals surface area contributed by atoms with Crippen molar-refractivity contribution in [1.82, 2.24) is 19.0 Å². The lowest BCUT2D eigenvalue weighted by Crippen LogP contribution is -2.45. The Bertz CT molecular complexity index is 1140. The van der Waals surface area contributed by atoms with Crippen LogP contribution in [0.1, 0.15) is 47.4 Å². The van der Waals surface area contributed by atoms with E-state index in [0.717, 1.165) is 63.1 Å². The van der Waals surface area contributed by atoms with Crippen LogP contribution in [-0.2, 0) is 19.5 Å². The highest BCUT2D eigenvalue weighted by atomic mass is 16.2. The number of amides is 1. The van der Waals surface area contributed by atoms with Crippen molar-refractivity contribution in [2.45, 2.75) is 58.2 Å². The fraction of sp³-hybridized carbons (Fsp3) is 0.435. The van der Waals surface area contributed by atoms with Gasteiger partial charge in [0.05, 0.1) is 5.52 Å². The molecule has 0 N–H and O–H groups in total. The van der Waals surface area contributed by atoms with Crippen LogP contribution in [0.2, 0.25) is 0 Å². The number of likely N-dealkylation sites (tertiary alicyclic amines) is 1. The number of carbonyl (C=O) groups excluding carboxylic acids is 1. The van der Waals surface area contributed by atoms with Gasteiger partial charge in [0.15, 0.2) is 0 Å². The second kappa shape index (κ2) is 7.17. The lowest BCUT2D eigenvalue weighted by atomic mass is 9.98. The van der Waals surface area contributed by atoms with Gasteiger partial charge in [-0.3, -0.25) is 9.59 Å². The van der Waals surface area contributed by atoms with Crippen molar-refractivity contribution >= 4 is 16.8 Å². The lowest BCUT2D eigenvalue weighted by Gasteiger charge is -2.36. The largest absolute Gasteiger partial charge is 0.346 e. The van der Waals surface area contributed by atoms with Gasteiger partial charge in [-0.15, -0.1) is 0 Å². The average Bonchev–Trinajstić information content (AvgIpc) is 3.35. The van der Waals surface area contributed by atoms with Gasteiger partial charge in [0.2, 0.25) is 5.43 Å². The molecule has 2 aliphatic rings. The van der Waals surface area contributed by atoms with Crippen LogP contribution in [0.25, 0.3) is 10.9 Å². The maximum atomic E-state index is 13.5. The summed E-state index contributed by atoms with van der Waals surface area (Å²) in [4.78, 5) is 32.9. The van der Waals surface area contributed by atoms with Gasteiger partial charge in [-0.2, -0.15) is 0 Å². The molecular weight excluding hydrogens is 364 g/mol. The van der Waals surface area contributed by atoms with Gasteiger partial charge >= 0.3 is 0 Å². The molecule has 6 nitrogen and oxygen atoms in total. The maximum absolute atomic E-state index is 13.5. The average molecular weight is 390 g/mol. The number of hydrogen-bond acceptors (Lipinski definition) is 3. The summed E-state index contributed by atoms with van der Waals surface area (Å²) in [5.41, 5.74) is 2.40. The van der Waals surface area contributed by atoms with E-state index >= 15 is 0 Å². The van der Waals surface area contributed by atoms with Crippen LogP contribution in [0.3, 0.4) is 0 Å². The van der Waals surface area contributed by atoms with Gasteiger partial charge in [-0.05, 0) is 50.7 Å². The van der Waals surface area contributed by atoms with E-state index in [0.29, 0.717) is 10.9 Å². The molecule has 1 amide bonds. The van der Waals surface area contributed by atoms with E-state index < -0.39 is 0 Å². The molecule has 29 heavy (non-hydrogen) atoms. The van der Waals surface area contributed by atoms with Crippen molar-refractivity contribution in [3.05, 3.63) is 64.0 Å². The van der Waals surface area contributed by atoms with E-state index in [1.165, 1.54) is 5.56 Å². The fourth-order valence-corrected chi connectivity index (χ4v) is 4.96. The normalized spacial score (nSPS) is 18.5. The molecule has 3 aromatic rings. The first-order chi connectivity index (χ1) is 14.1. The number of aromatic nitrogens is 3. The molecule has 4 heterocycles. The molecule has 6 heteroatoms. The van der Waals surface area contributed by atoms with Crippen LogP contribution in [0.4, 0.5) is 0 Å². The number of hydrogen-bond donors (Lipinski definition) is 0. The number of pyridine rings is 1. The first-order valence-electron chi connectivity index (χ1n) is 10.6. The summed E-state index contributed by atoms with van der Waals surface area (Å²) in [7, 11) is 0. The van der Waals surface area contributed by atoms with Crippen molar-refractivity contribution in [3.8, 4) is 0 Å². The number of nitrogens with zero attached hydrogens (tertiary/aromatic N) is 4. The number of carbonyl (C=O) groups is 1. The molecule has 0 radical (unpaired) electrons. The lowest BCUT2D eigenvalue weighted by molar-refractivity contribution is 0.0593. The third-order valence-corrected chi connectivity index (χ3v) is 6.55. The first kappa shape index (κ1) is 18.2. The Kier molecular flexibility index (Phi) is 4.49. The Morgan fingerprint density at radius 3 is 2.97 bits per heavy atom. The first-order valence-corrected chi connectivity index (χ1v) is 10.6. The molecule has 1 aromatic carbocycles. The minimum atomic E-state index is -0.125. The molecule has 0 saturated carbocycles. The highest BCUT2D eigenvalue weighted by Crippen LogP contribution is 2.26. The van der Waals surface area contributed by atoms with Crippen LogP contribution in [-0.4, -0.2) is 37.5 Å². The number of para-hydroxylation sites is 1. The third kappa shape index (κ3) is 3.07. The summed E-state index contributed by atoms with van der Waals surface area (Å²) in [6.07, 6.45) is 10.5. The zero-order chi connectivity index (χ0) is 20.0. The Balaban J connectivity index is 1.45. The van der Waals surface area contributed by atoms with E-state index in [1.807, 2.05) is 36.4 Å². The quantitative estimate of drug-likeness (QED) is 0.688. The molecule has 1 unspecified atom stereocenters. The Labute approximate surface area is 169 Å². The van der Waals surface area contributed by atoms with Gasteiger partial charge < -0.3 is 14.0 Å². The maximum Gasteiger partial charge on any atom is 0.259 e. The van der Waals surface area contributed by atoms with E-state index in [9.17, 15) is 9.59 Å². The fourth-order valence-electron chi connectivity index (χ4n) is 4.96. The number of rotatable bonds is 4. The third-order valence-electron chi connectivity index (χ3n) is 6.55. The van der Waals surface area contributed by atoms with Crippen LogP contribution in [0, 0.1) is 6.92 Å². The number of imidazole rings is 1.